The van der Waals surface area contributed by atoms with Crippen LogP contribution in [0.4, 0.5) is 10.1 Å². The molecule has 0 bridgehead atoms. The lowest BCUT2D eigenvalue weighted by atomic mass is 10.2. The van der Waals surface area contributed by atoms with Crippen LogP contribution in [0.15, 0.2) is 18.2 Å². The number of anilines is 1. The fourth-order valence-electron chi connectivity index (χ4n) is 0.958. The van der Waals surface area contributed by atoms with Crippen molar-refractivity contribution >= 4 is 17.6 Å². The Morgan fingerprint density at radius 3 is 2.69 bits per heavy atom. The molecule has 86 valence electrons. The van der Waals surface area contributed by atoms with Crippen molar-refractivity contribution in [3.63, 3.8) is 0 Å². The van der Waals surface area contributed by atoms with E-state index in [1.54, 1.807) is 0 Å². The van der Waals surface area contributed by atoms with Crippen LogP contribution in [0.3, 0.4) is 0 Å². The molecule has 0 spiro atoms. The normalized spacial score (nSPS) is 9.62. The topological polar surface area (TPSA) is 78.6 Å². The molecule has 0 saturated heterocycles. The van der Waals surface area contributed by atoms with Crippen LogP contribution >= 0.6 is 0 Å². The SMILES string of the molecule is COC(=O)COC(=O)c1ccc(N)cc1F. The van der Waals surface area contributed by atoms with E-state index in [4.69, 9.17) is 5.73 Å². The Kier molecular flexibility index (Phi) is 3.82. The quantitative estimate of drug-likeness (QED) is 0.608. The average molecular weight is 227 g/mol. The van der Waals surface area contributed by atoms with Crippen molar-refractivity contribution in [1.82, 2.24) is 0 Å². The van der Waals surface area contributed by atoms with E-state index < -0.39 is 24.4 Å². The highest BCUT2D eigenvalue weighted by molar-refractivity contribution is 5.91. The zero-order valence-corrected chi connectivity index (χ0v) is 8.53. The standard InChI is InChI=1S/C10H10FNO4/c1-15-9(13)5-16-10(14)7-3-2-6(12)4-8(7)11/h2-4H,5,12H2,1H3. The van der Waals surface area contributed by atoms with Crippen molar-refractivity contribution in [3.05, 3.63) is 29.6 Å². The van der Waals surface area contributed by atoms with Gasteiger partial charge in [0.1, 0.15) is 5.82 Å². The molecule has 0 saturated carbocycles. The monoisotopic (exact) mass is 227 g/mol. The van der Waals surface area contributed by atoms with E-state index in [1.807, 2.05) is 0 Å². The molecule has 0 aliphatic heterocycles. The molecule has 6 heteroatoms. The van der Waals surface area contributed by atoms with Gasteiger partial charge in [-0.25, -0.2) is 14.0 Å². The van der Waals surface area contributed by atoms with E-state index >= 15 is 0 Å². The summed E-state index contributed by atoms with van der Waals surface area (Å²) in [5, 5.41) is 0. The largest absolute Gasteiger partial charge is 0.466 e. The minimum absolute atomic E-state index is 0.196. The number of methoxy groups -OCH3 is 1. The van der Waals surface area contributed by atoms with Crippen LogP contribution in [-0.4, -0.2) is 25.7 Å². The molecule has 0 unspecified atom stereocenters. The minimum atomic E-state index is -0.942. The highest BCUT2D eigenvalue weighted by atomic mass is 19.1. The molecule has 1 aromatic carbocycles. The third kappa shape index (κ3) is 2.94. The fraction of sp³-hybridized carbons (Fsp3) is 0.200. The summed E-state index contributed by atoms with van der Waals surface area (Å²) in [5.74, 6) is -2.46. The summed E-state index contributed by atoms with van der Waals surface area (Å²) in [6, 6.07) is 3.54. The molecular formula is C10H10FNO4. The molecule has 1 aromatic rings. The predicted molar refractivity (Wildman–Crippen MR) is 53.1 cm³/mol. The second-order valence-corrected chi connectivity index (χ2v) is 2.89. The van der Waals surface area contributed by atoms with Crippen molar-refractivity contribution in [2.24, 2.45) is 0 Å². The van der Waals surface area contributed by atoms with Crippen LogP contribution in [0, 0.1) is 5.82 Å². The number of carbonyl (C=O) groups is 2. The van der Waals surface area contributed by atoms with Gasteiger partial charge in [-0.1, -0.05) is 0 Å². The van der Waals surface area contributed by atoms with E-state index in [0.717, 1.165) is 13.2 Å². The maximum atomic E-state index is 13.2. The molecule has 1 rings (SSSR count). The van der Waals surface area contributed by atoms with Gasteiger partial charge in [0.05, 0.1) is 12.7 Å². The summed E-state index contributed by atoms with van der Waals surface area (Å²) in [4.78, 5) is 22.0. The van der Waals surface area contributed by atoms with Gasteiger partial charge >= 0.3 is 11.9 Å². The van der Waals surface area contributed by atoms with Crippen LogP contribution in [0.5, 0.6) is 0 Å². The summed E-state index contributed by atoms with van der Waals surface area (Å²) < 4.78 is 22.0. The Morgan fingerprint density at radius 1 is 1.44 bits per heavy atom. The molecule has 0 aliphatic carbocycles. The van der Waals surface area contributed by atoms with Crippen LogP contribution in [0.25, 0.3) is 0 Å². The van der Waals surface area contributed by atoms with Crippen LogP contribution in [-0.2, 0) is 14.3 Å². The third-order valence-corrected chi connectivity index (χ3v) is 1.76. The van der Waals surface area contributed by atoms with E-state index in [1.165, 1.54) is 12.1 Å². The van der Waals surface area contributed by atoms with Gasteiger partial charge in [-0.2, -0.15) is 0 Å². The summed E-state index contributed by atoms with van der Waals surface area (Å²) in [6.45, 7) is -0.556. The number of halogens is 1. The van der Waals surface area contributed by atoms with Crippen molar-refractivity contribution < 1.29 is 23.5 Å². The zero-order valence-electron chi connectivity index (χ0n) is 8.53. The molecular weight excluding hydrogens is 217 g/mol. The third-order valence-electron chi connectivity index (χ3n) is 1.76. The average Bonchev–Trinajstić information content (AvgIpc) is 2.25. The fourth-order valence-corrected chi connectivity index (χ4v) is 0.958. The maximum Gasteiger partial charge on any atom is 0.344 e. The summed E-state index contributed by atoms with van der Waals surface area (Å²) in [6.07, 6.45) is 0. The van der Waals surface area contributed by atoms with Gasteiger partial charge < -0.3 is 15.2 Å². The number of hydrogen-bond acceptors (Lipinski definition) is 5. The van der Waals surface area contributed by atoms with E-state index in [-0.39, 0.29) is 11.3 Å². The zero-order chi connectivity index (χ0) is 12.1. The number of rotatable bonds is 3. The van der Waals surface area contributed by atoms with Gasteiger partial charge in [0, 0.05) is 5.69 Å². The lowest BCUT2D eigenvalue weighted by Crippen LogP contribution is -2.16. The molecule has 16 heavy (non-hydrogen) atoms. The second kappa shape index (κ2) is 5.11. The number of ether oxygens (including phenoxy) is 2. The number of hydrogen-bond donors (Lipinski definition) is 1. The summed E-state index contributed by atoms with van der Waals surface area (Å²) in [7, 11) is 1.15. The summed E-state index contributed by atoms with van der Waals surface area (Å²) in [5.41, 5.74) is 5.22. The first-order valence-electron chi connectivity index (χ1n) is 4.33. The van der Waals surface area contributed by atoms with Crippen molar-refractivity contribution in [2.75, 3.05) is 19.5 Å². The number of esters is 2. The molecule has 0 amide bonds. The molecule has 0 aromatic heterocycles. The Labute approximate surface area is 90.9 Å². The molecule has 0 fully saturated rings. The first kappa shape index (κ1) is 12.0. The van der Waals surface area contributed by atoms with E-state index in [2.05, 4.69) is 9.47 Å². The van der Waals surface area contributed by atoms with Gasteiger partial charge in [0.15, 0.2) is 6.61 Å². The second-order valence-electron chi connectivity index (χ2n) is 2.89. The van der Waals surface area contributed by atoms with Crippen LogP contribution in [0.2, 0.25) is 0 Å². The number of nitrogens with two attached hydrogens (primary N) is 1. The van der Waals surface area contributed by atoms with Gasteiger partial charge in [0.2, 0.25) is 0 Å². The Morgan fingerprint density at radius 2 is 2.12 bits per heavy atom. The minimum Gasteiger partial charge on any atom is -0.466 e. The lowest BCUT2D eigenvalue weighted by molar-refractivity contribution is -0.144. The molecule has 2 N–H and O–H groups in total. The molecule has 0 aliphatic rings. The number of carbonyl (C=O) groups excluding carboxylic acids is 2. The Bertz CT molecular complexity index is 419. The lowest BCUT2D eigenvalue weighted by Gasteiger charge is -2.04. The Balaban J connectivity index is 2.70. The molecule has 0 heterocycles. The maximum absolute atomic E-state index is 13.2. The van der Waals surface area contributed by atoms with Crippen molar-refractivity contribution in [2.45, 2.75) is 0 Å². The highest BCUT2D eigenvalue weighted by Crippen LogP contribution is 2.12. The number of nitrogen functional groups attached to an aromatic ring is 1. The Hall–Kier alpha value is -2.11. The van der Waals surface area contributed by atoms with Gasteiger partial charge in [0.25, 0.3) is 0 Å². The van der Waals surface area contributed by atoms with Gasteiger partial charge in [-0.05, 0) is 18.2 Å². The van der Waals surface area contributed by atoms with Gasteiger partial charge in [-0.15, -0.1) is 0 Å². The van der Waals surface area contributed by atoms with Crippen LogP contribution in [0.1, 0.15) is 10.4 Å². The smallest absolute Gasteiger partial charge is 0.344 e. The number of benzene rings is 1. The van der Waals surface area contributed by atoms with Crippen molar-refractivity contribution in [3.8, 4) is 0 Å². The first-order valence-corrected chi connectivity index (χ1v) is 4.33. The van der Waals surface area contributed by atoms with Gasteiger partial charge in [-0.3, -0.25) is 0 Å². The van der Waals surface area contributed by atoms with E-state index in [9.17, 15) is 14.0 Å². The van der Waals surface area contributed by atoms with E-state index in [0.29, 0.717) is 0 Å². The molecule has 5 nitrogen and oxygen atoms in total. The predicted octanol–water partition coefficient (Wildman–Crippen LogP) is 0.738. The highest BCUT2D eigenvalue weighted by Gasteiger charge is 2.14. The van der Waals surface area contributed by atoms with Crippen molar-refractivity contribution in [1.29, 1.82) is 0 Å². The van der Waals surface area contributed by atoms with Crippen LogP contribution < -0.4 is 5.73 Å². The summed E-state index contributed by atoms with van der Waals surface area (Å²) >= 11 is 0. The first-order chi connectivity index (χ1) is 7.54. The molecule has 0 atom stereocenters. The molecule has 0 radical (unpaired) electrons.